The predicted octanol–water partition coefficient (Wildman–Crippen LogP) is 4.72. The molecule has 0 saturated heterocycles. The van der Waals surface area contributed by atoms with Crippen molar-refractivity contribution in [3.8, 4) is 0 Å². The molecule has 0 N–H and O–H groups in total. The number of hydrogen-bond donors (Lipinski definition) is 0. The zero-order valence-corrected chi connectivity index (χ0v) is 10.4. The van der Waals surface area contributed by atoms with Gasteiger partial charge in [-0.2, -0.15) is 0 Å². The number of hydrogen-bond acceptors (Lipinski definition) is 0. The van der Waals surface area contributed by atoms with Gasteiger partial charge in [0.25, 0.3) is 0 Å². The second-order valence-electron chi connectivity index (χ2n) is 2.91. The quantitative estimate of drug-likeness (QED) is 0.695. The number of alkyl halides is 4. The molecule has 0 aliphatic carbocycles. The molecule has 0 aliphatic rings. The summed E-state index contributed by atoms with van der Waals surface area (Å²) in [6.45, 7) is 0. The molecule has 0 bridgehead atoms. The molecule has 0 saturated carbocycles. The summed E-state index contributed by atoms with van der Waals surface area (Å²) in [5.74, 6) is 0.775. The Hall–Kier alpha value is 0.380. The van der Waals surface area contributed by atoms with E-state index >= 15 is 0 Å². The van der Waals surface area contributed by atoms with Gasteiger partial charge in [-0.05, 0) is 11.1 Å². The molecule has 0 unspecified atom stereocenters. The molecule has 0 radical (unpaired) electrons. The van der Waals surface area contributed by atoms with E-state index in [2.05, 4.69) is 0 Å². The Bertz CT molecular complexity index is 262. The van der Waals surface area contributed by atoms with Crippen molar-refractivity contribution < 1.29 is 0 Å². The van der Waals surface area contributed by atoms with Crippen LogP contribution in [0, 0.1) is 0 Å². The summed E-state index contributed by atoms with van der Waals surface area (Å²) in [6.07, 6.45) is 0. The Kier molecular flexibility index (Phi) is 5.40. The molecule has 0 aliphatic heterocycles. The van der Waals surface area contributed by atoms with E-state index in [1.54, 1.807) is 0 Å². The van der Waals surface area contributed by atoms with Gasteiger partial charge < -0.3 is 0 Å². The molecule has 1 rings (SSSR count). The molecule has 0 amide bonds. The molecular formula is C10H10Cl4. The highest BCUT2D eigenvalue weighted by atomic mass is 35.5. The van der Waals surface area contributed by atoms with Gasteiger partial charge in [0.1, 0.15) is 0 Å². The SMILES string of the molecule is ClC[C@@H](Cl)c1cccc([C@@H](Cl)CCl)c1. The average Bonchev–Trinajstić information content (AvgIpc) is 2.27. The molecule has 0 fully saturated rings. The van der Waals surface area contributed by atoms with Crippen LogP contribution in [0.1, 0.15) is 21.9 Å². The molecule has 1 aromatic carbocycles. The van der Waals surface area contributed by atoms with Gasteiger partial charge in [-0.3, -0.25) is 0 Å². The Morgan fingerprint density at radius 1 is 0.929 bits per heavy atom. The fraction of sp³-hybridized carbons (Fsp3) is 0.400. The van der Waals surface area contributed by atoms with Crippen LogP contribution in [0.5, 0.6) is 0 Å². The average molecular weight is 272 g/mol. The van der Waals surface area contributed by atoms with Crippen LogP contribution >= 0.6 is 46.4 Å². The molecule has 0 spiro atoms. The van der Waals surface area contributed by atoms with Crippen molar-refractivity contribution in [2.75, 3.05) is 11.8 Å². The van der Waals surface area contributed by atoms with Gasteiger partial charge >= 0.3 is 0 Å². The van der Waals surface area contributed by atoms with E-state index in [-0.39, 0.29) is 10.8 Å². The van der Waals surface area contributed by atoms with Crippen molar-refractivity contribution in [2.45, 2.75) is 10.8 Å². The minimum atomic E-state index is -0.171. The van der Waals surface area contributed by atoms with Crippen molar-refractivity contribution in [1.29, 1.82) is 0 Å². The standard InChI is InChI=1S/C10H10Cl4/c11-5-9(13)7-2-1-3-8(4-7)10(14)6-12/h1-4,9-10H,5-6H2/t9-,10+. The highest BCUT2D eigenvalue weighted by molar-refractivity contribution is 6.28. The lowest BCUT2D eigenvalue weighted by Crippen LogP contribution is -1.96. The summed E-state index contributed by atoms with van der Waals surface area (Å²) < 4.78 is 0. The van der Waals surface area contributed by atoms with Crippen LogP contribution < -0.4 is 0 Å². The Morgan fingerprint density at radius 2 is 1.36 bits per heavy atom. The van der Waals surface area contributed by atoms with E-state index in [4.69, 9.17) is 46.4 Å². The lowest BCUT2D eigenvalue weighted by molar-refractivity contribution is 1.04. The van der Waals surface area contributed by atoms with Gasteiger partial charge in [0, 0.05) is 11.8 Å². The molecular weight excluding hydrogens is 262 g/mol. The summed E-state index contributed by atoms with van der Waals surface area (Å²) in [5.41, 5.74) is 1.96. The van der Waals surface area contributed by atoms with Crippen molar-refractivity contribution in [2.24, 2.45) is 0 Å². The van der Waals surface area contributed by atoms with Crippen molar-refractivity contribution in [1.82, 2.24) is 0 Å². The molecule has 0 heterocycles. The fourth-order valence-corrected chi connectivity index (χ4v) is 1.75. The molecule has 78 valence electrons. The van der Waals surface area contributed by atoms with E-state index in [1.807, 2.05) is 24.3 Å². The van der Waals surface area contributed by atoms with E-state index < -0.39 is 0 Å². The first-order chi connectivity index (χ1) is 6.69. The van der Waals surface area contributed by atoms with Crippen LogP contribution in [-0.4, -0.2) is 11.8 Å². The van der Waals surface area contributed by atoms with Crippen LogP contribution in [0.15, 0.2) is 24.3 Å². The first kappa shape index (κ1) is 12.4. The van der Waals surface area contributed by atoms with Gasteiger partial charge in [-0.1, -0.05) is 24.3 Å². The lowest BCUT2D eigenvalue weighted by atomic mass is 10.1. The largest absolute Gasteiger partial charge is 0.125 e. The highest BCUT2D eigenvalue weighted by Gasteiger charge is 2.10. The van der Waals surface area contributed by atoms with E-state index in [9.17, 15) is 0 Å². The topological polar surface area (TPSA) is 0 Å². The van der Waals surface area contributed by atoms with Gasteiger partial charge in [0.2, 0.25) is 0 Å². The number of benzene rings is 1. The Morgan fingerprint density at radius 3 is 1.71 bits per heavy atom. The fourth-order valence-electron chi connectivity index (χ4n) is 1.13. The lowest BCUT2D eigenvalue weighted by Gasteiger charge is -2.10. The monoisotopic (exact) mass is 270 g/mol. The molecule has 4 heteroatoms. The number of halogens is 4. The summed E-state index contributed by atoms with van der Waals surface area (Å²) in [6, 6.07) is 7.72. The van der Waals surface area contributed by atoms with Gasteiger partial charge in [-0.15, -0.1) is 46.4 Å². The van der Waals surface area contributed by atoms with Crippen molar-refractivity contribution in [3.05, 3.63) is 35.4 Å². The van der Waals surface area contributed by atoms with Crippen molar-refractivity contribution >= 4 is 46.4 Å². The Labute approximate surface area is 104 Å². The normalized spacial score (nSPS) is 15.1. The third-order valence-electron chi connectivity index (χ3n) is 1.91. The summed E-state index contributed by atoms with van der Waals surface area (Å²) in [7, 11) is 0. The molecule has 2 atom stereocenters. The zero-order valence-electron chi connectivity index (χ0n) is 7.39. The van der Waals surface area contributed by atoms with E-state index in [0.717, 1.165) is 11.1 Å². The first-order valence-electron chi connectivity index (χ1n) is 4.19. The van der Waals surface area contributed by atoms with Crippen LogP contribution in [0.3, 0.4) is 0 Å². The van der Waals surface area contributed by atoms with Crippen molar-refractivity contribution in [3.63, 3.8) is 0 Å². The van der Waals surface area contributed by atoms with Crippen LogP contribution in [0.2, 0.25) is 0 Å². The minimum absolute atomic E-state index is 0.171. The maximum Gasteiger partial charge on any atom is 0.0720 e. The second kappa shape index (κ2) is 6.07. The maximum absolute atomic E-state index is 6.00. The summed E-state index contributed by atoms with van der Waals surface area (Å²) in [4.78, 5) is 0. The molecule has 14 heavy (non-hydrogen) atoms. The predicted molar refractivity (Wildman–Crippen MR) is 65.1 cm³/mol. The smallest absolute Gasteiger partial charge is 0.0720 e. The van der Waals surface area contributed by atoms with E-state index in [1.165, 1.54) is 0 Å². The van der Waals surface area contributed by atoms with Crippen LogP contribution in [0.4, 0.5) is 0 Å². The van der Waals surface area contributed by atoms with E-state index in [0.29, 0.717) is 11.8 Å². The first-order valence-corrected chi connectivity index (χ1v) is 6.13. The van der Waals surface area contributed by atoms with Gasteiger partial charge in [0.05, 0.1) is 10.8 Å². The molecule has 0 aromatic heterocycles. The number of rotatable bonds is 4. The minimum Gasteiger partial charge on any atom is -0.125 e. The molecule has 0 nitrogen and oxygen atoms in total. The zero-order chi connectivity index (χ0) is 10.6. The third-order valence-corrected chi connectivity index (χ3v) is 3.65. The van der Waals surface area contributed by atoms with Crippen LogP contribution in [0.25, 0.3) is 0 Å². The second-order valence-corrected chi connectivity index (χ2v) is 4.58. The summed E-state index contributed by atoms with van der Waals surface area (Å²) in [5, 5.41) is -0.341. The molecule has 1 aromatic rings. The summed E-state index contributed by atoms with van der Waals surface area (Å²) >= 11 is 23.3. The third kappa shape index (κ3) is 3.20. The van der Waals surface area contributed by atoms with Gasteiger partial charge in [0.15, 0.2) is 0 Å². The highest BCUT2D eigenvalue weighted by Crippen LogP contribution is 2.27. The maximum atomic E-state index is 6.00. The van der Waals surface area contributed by atoms with Gasteiger partial charge in [-0.25, -0.2) is 0 Å². The Balaban J connectivity index is 2.89. The van der Waals surface area contributed by atoms with Crippen LogP contribution in [-0.2, 0) is 0 Å².